The van der Waals surface area contributed by atoms with Crippen molar-refractivity contribution < 1.29 is 9.59 Å². The van der Waals surface area contributed by atoms with Crippen LogP contribution in [0.15, 0.2) is 24.3 Å². The number of amides is 2. The van der Waals surface area contributed by atoms with E-state index in [9.17, 15) is 9.59 Å². The van der Waals surface area contributed by atoms with Gasteiger partial charge in [-0.25, -0.2) is 0 Å². The molecule has 1 heterocycles. The van der Waals surface area contributed by atoms with Crippen LogP contribution in [0.2, 0.25) is 0 Å². The predicted molar refractivity (Wildman–Crippen MR) is 86.4 cm³/mol. The second kappa shape index (κ2) is 5.47. The highest BCUT2D eigenvalue weighted by atomic mass is 127. The molecule has 1 saturated carbocycles. The third-order valence-corrected chi connectivity index (χ3v) is 5.19. The number of anilines is 1. The molecule has 106 valence electrons. The van der Waals surface area contributed by atoms with Gasteiger partial charge in [0.1, 0.15) is 0 Å². The van der Waals surface area contributed by atoms with Crippen LogP contribution in [-0.4, -0.2) is 11.8 Å². The number of carbonyl (C=O) groups excluding carboxylic acids is 2. The van der Waals surface area contributed by atoms with Gasteiger partial charge in [-0.3, -0.25) is 14.5 Å². The monoisotopic (exact) mass is 383 g/mol. The van der Waals surface area contributed by atoms with Gasteiger partial charge in [0.15, 0.2) is 0 Å². The van der Waals surface area contributed by atoms with Crippen LogP contribution in [0.25, 0.3) is 0 Å². The molecule has 1 spiro atoms. The first-order valence-corrected chi connectivity index (χ1v) is 8.33. The maximum atomic E-state index is 12.9. The Morgan fingerprint density at radius 2 is 1.75 bits per heavy atom. The summed E-state index contributed by atoms with van der Waals surface area (Å²) in [7, 11) is 0. The van der Waals surface area contributed by atoms with E-state index in [4.69, 9.17) is 0 Å². The van der Waals surface area contributed by atoms with E-state index in [-0.39, 0.29) is 11.8 Å². The minimum Gasteiger partial charge on any atom is -0.274 e. The largest absolute Gasteiger partial charge is 0.274 e. The molecule has 0 unspecified atom stereocenters. The second-order valence-electron chi connectivity index (χ2n) is 5.89. The Balaban J connectivity index is 1.94. The third kappa shape index (κ3) is 2.38. The summed E-state index contributed by atoms with van der Waals surface area (Å²) in [5, 5.41) is 0. The molecule has 0 radical (unpaired) electrons. The molecule has 3 rings (SSSR count). The Bertz CT molecular complexity index is 547. The number of carbonyl (C=O) groups is 2. The molecule has 1 aliphatic carbocycles. The first-order chi connectivity index (χ1) is 9.62. The van der Waals surface area contributed by atoms with E-state index < -0.39 is 5.41 Å². The summed E-state index contributed by atoms with van der Waals surface area (Å²) < 4.78 is 1.04. The van der Waals surface area contributed by atoms with Crippen molar-refractivity contribution in [3.05, 3.63) is 27.8 Å². The Kier molecular flexibility index (Phi) is 3.84. The van der Waals surface area contributed by atoms with E-state index in [0.29, 0.717) is 6.42 Å². The molecule has 1 aromatic rings. The quantitative estimate of drug-likeness (QED) is 0.545. The van der Waals surface area contributed by atoms with Crippen LogP contribution in [0, 0.1) is 8.99 Å². The number of rotatable bonds is 1. The highest BCUT2D eigenvalue weighted by Gasteiger charge is 2.51. The van der Waals surface area contributed by atoms with Crippen LogP contribution in [0.4, 0.5) is 5.69 Å². The fourth-order valence-electron chi connectivity index (χ4n) is 3.47. The smallest absolute Gasteiger partial charge is 0.240 e. The number of benzene rings is 1. The number of hydrogen-bond acceptors (Lipinski definition) is 2. The van der Waals surface area contributed by atoms with Gasteiger partial charge < -0.3 is 0 Å². The van der Waals surface area contributed by atoms with E-state index in [2.05, 4.69) is 22.6 Å². The van der Waals surface area contributed by atoms with Gasteiger partial charge in [0.25, 0.3) is 0 Å². The lowest BCUT2D eigenvalue weighted by Gasteiger charge is -2.25. The zero-order valence-electron chi connectivity index (χ0n) is 11.4. The van der Waals surface area contributed by atoms with E-state index >= 15 is 0 Å². The molecule has 1 aliphatic heterocycles. The van der Waals surface area contributed by atoms with Crippen LogP contribution in [0.3, 0.4) is 0 Å². The standard InChI is InChI=1S/C16H18INO2/c17-12-6-5-7-13(10-12)18-14(19)11-16(15(18)20)8-3-1-2-4-9-16/h5-7,10H,1-4,8-9,11H2. The molecule has 0 bridgehead atoms. The summed E-state index contributed by atoms with van der Waals surface area (Å²) in [5.41, 5.74) is 0.322. The highest BCUT2D eigenvalue weighted by Crippen LogP contribution is 2.45. The van der Waals surface area contributed by atoms with Crippen LogP contribution < -0.4 is 4.90 Å². The second-order valence-corrected chi connectivity index (χ2v) is 7.13. The van der Waals surface area contributed by atoms with Crippen LogP contribution >= 0.6 is 22.6 Å². The molecule has 2 fully saturated rings. The SMILES string of the molecule is O=C1CC2(CCCCCC2)C(=O)N1c1cccc(I)c1. The van der Waals surface area contributed by atoms with Gasteiger partial charge in [0, 0.05) is 9.99 Å². The average molecular weight is 383 g/mol. The lowest BCUT2D eigenvalue weighted by Crippen LogP contribution is -2.35. The summed E-state index contributed by atoms with van der Waals surface area (Å²) in [6.07, 6.45) is 6.66. The first-order valence-electron chi connectivity index (χ1n) is 7.25. The van der Waals surface area contributed by atoms with E-state index in [0.717, 1.165) is 34.9 Å². The lowest BCUT2D eigenvalue weighted by molar-refractivity contribution is -0.126. The van der Waals surface area contributed by atoms with E-state index in [1.165, 1.54) is 17.7 Å². The van der Waals surface area contributed by atoms with Gasteiger partial charge >= 0.3 is 0 Å². The Labute approximate surface area is 132 Å². The van der Waals surface area contributed by atoms with Gasteiger partial charge in [0.05, 0.1) is 11.1 Å². The number of imide groups is 1. The van der Waals surface area contributed by atoms with Crippen LogP contribution in [0.1, 0.15) is 44.9 Å². The third-order valence-electron chi connectivity index (χ3n) is 4.52. The summed E-state index contributed by atoms with van der Waals surface area (Å²) in [4.78, 5) is 26.7. The molecule has 1 aromatic carbocycles. The summed E-state index contributed by atoms with van der Waals surface area (Å²) in [5.74, 6) is 0.00491. The van der Waals surface area contributed by atoms with Crippen molar-refractivity contribution in [1.29, 1.82) is 0 Å². The maximum absolute atomic E-state index is 12.9. The van der Waals surface area contributed by atoms with Gasteiger partial charge in [-0.05, 0) is 53.6 Å². The van der Waals surface area contributed by atoms with Crippen LogP contribution in [-0.2, 0) is 9.59 Å². The van der Waals surface area contributed by atoms with Crippen molar-refractivity contribution in [1.82, 2.24) is 0 Å². The maximum Gasteiger partial charge on any atom is 0.240 e. The molecule has 2 aliphatic rings. The Morgan fingerprint density at radius 3 is 2.40 bits per heavy atom. The molecule has 1 saturated heterocycles. The molecule has 0 atom stereocenters. The zero-order valence-corrected chi connectivity index (χ0v) is 13.6. The summed E-state index contributed by atoms with van der Waals surface area (Å²) in [6, 6.07) is 7.63. The molecule has 20 heavy (non-hydrogen) atoms. The Morgan fingerprint density at radius 1 is 1.05 bits per heavy atom. The highest BCUT2D eigenvalue weighted by molar-refractivity contribution is 14.1. The predicted octanol–water partition coefficient (Wildman–Crippen LogP) is 3.90. The minimum atomic E-state index is -0.408. The van der Waals surface area contributed by atoms with Crippen LogP contribution in [0.5, 0.6) is 0 Å². The van der Waals surface area contributed by atoms with Crippen molar-refractivity contribution in [3.63, 3.8) is 0 Å². The normalized spacial score (nSPS) is 22.4. The molecule has 4 heteroatoms. The molecule has 2 amide bonds. The summed E-state index contributed by atoms with van der Waals surface area (Å²) >= 11 is 2.21. The molecular formula is C16H18INO2. The first kappa shape index (κ1) is 14.0. The topological polar surface area (TPSA) is 37.4 Å². The van der Waals surface area contributed by atoms with E-state index in [1.807, 2.05) is 24.3 Å². The average Bonchev–Trinajstić information content (AvgIpc) is 2.58. The fraction of sp³-hybridized carbons (Fsp3) is 0.500. The van der Waals surface area contributed by atoms with Gasteiger partial charge in [-0.2, -0.15) is 0 Å². The van der Waals surface area contributed by atoms with Crippen molar-refractivity contribution in [2.75, 3.05) is 4.90 Å². The van der Waals surface area contributed by atoms with E-state index in [1.54, 1.807) is 0 Å². The van der Waals surface area contributed by atoms with Crippen molar-refractivity contribution >= 4 is 40.1 Å². The van der Waals surface area contributed by atoms with Crippen molar-refractivity contribution in [3.8, 4) is 0 Å². The lowest BCUT2D eigenvalue weighted by atomic mass is 9.79. The van der Waals surface area contributed by atoms with Gasteiger partial charge in [-0.15, -0.1) is 0 Å². The van der Waals surface area contributed by atoms with Gasteiger partial charge in [-0.1, -0.05) is 31.7 Å². The molecule has 0 N–H and O–H groups in total. The van der Waals surface area contributed by atoms with Crippen molar-refractivity contribution in [2.45, 2.75) is 44.9 Å². The molecule has 3 nitrogen and oxygen atoms in total. The zero-order chi connectivity index (χ0) is 14.2. The minimum absolute atomic E-state index is 0.0288. The molecule has 0 aromatic heterocycles. The Hall–Kier alpha value is -0.910. The number of nitrogens with zero attached hydrogens (tertiary/aromatic N) is 1. The summed E-state index contributed by atoms with van der Waals surface area (Å²) in [6.45, 7) is 0. The van der Waals surface area contributed by atoms with Crippen molar-refractivity contribution in [2.24, 2.45) is 5.41 Å². The van der Waals surface area contributed by atoms with Gasteiger partial charge in [0.2, 0.25) is 11.8 Å². The number of halogens is 1. The number of hydrogen-bond donors (Lipinski definition) is 0. The molecular weight excluding hydrogens is 365 g/mol. The fourth-order valence-corrected chi connectivity index (χ4v) is 3.99.